The molecule has 26 heavy (non-hydrogen) atoms. The summed E-state index contributed by atoms with van der Waals surface area (Å²) in [6.45, 7) is 0. The monoisotopic (exact) mass is 333 g/mol. The number of para-hydroxylation sites is 2. The van der Waals surface area contributed by atoms with Gasteiger partial charge in [-0.15, -0.1) is 0 Å². The van der Waals surface area contributed by atoms with E-state index in [0.717, 1.165) is 16.6 Å². The highest BCUT2D eigenvalue weighted by Crippen LogP contribution is 2.38. The minimum absolute atomic E-state index is 0.930. The summed E-state index contributed by atoms with van der Waals surface area (Å²) in [5, 5.41) is 4.92. The van der Waals surface area contributed by atoms with Crippen LogP contribution in [0.25, 0.3) is 49.4 Å². The van der Waals surface area contributed by atoms with E-state index in [-0.39, 0.29) is 0 Å². The van der Waals surface area contributed by atoms with Crippen LogP contribution in [-0.4, -0.2) is 14.5 Å². The Morgan fingerprint density at radius 1 is 0.692 bits per heavy atom. The number of hydrogen-bond acceptors (Lipinski definition) is 1. The normalized spacial score (nSPS) is 11.8. The van der Waals surface area contributed by atoms with Crippen molar-refractivity contribution in [3.8, 4) is 5.69 Å². The van der Waals surface area contributed by atoms with E-state index < -0.39 is 0 Å². The number of fused-ring (bicyclic) bond motifs is 7. The highest BCUT2D eigenvalue weighted by Gasteiger charge is 2.17. The van der Waals surface area contributed by atoms with Gasteiger partial charge in [0.05, 0.1) is 11.0 Å². The van der Waals surface area contributed by atoms with Crippen molar-refractivity contribution in [2.45, 2.75) is 0 Å². The van der Waals surface area contributed by atoms with E-state index in [2.05, 4.69) is 87.3 Å². The summed E-state index contributed by atoms with van der Waals surface area (Å²) >= 11 is 0. The molecule has 0 radical (unpaired) electrons. The molecular weight excluding hydrogens is 318 g/mol. The zero-order valence-electron chi connectivity index (χ0n) is 14.0. The number of benzene rings is 3. The molecule has 6 rings (SSSR count). The molecule has 3 heterocycles. The average molecular weight is 333 g/mol. The van der Waals surface area contributed by atoms with Crippen LogP contribution in [0.4, 0.5) is 0 Å². The number of aromatic nitrogens is 3. The van der Waals surface area contributed by atoms with Crippen molar-refractivity contribution in [1.82, 2.24) is 14.5 Å². The molecule has 0 aliphatic rings. The minimum atomic E-state index is 0.930. The summed E-state index contributed by atoms with van der Waals surface area (Å²) < 4.78 is 2.37. The third kappa shape index (κ3) is 1.69. The first kappa shape index (κ1) is 13.7. The third-order valence-corrected chi connectivity index (χ3v) is 5.18. The lowest BCUT2D eigenvalue weighted by molar-refractivity contribution is 1.19. The Balaban J connectivity index is 1.96. The molecular formula is C23H15N3. The summed E-state index contributed by atoms with van der Waals surface area (Å²) in [7, 11) is 0. The Bertz CT molecular complexity index is 1420. The average Bonchev–Trinajstić information content (AvgIpc) is 3.24. The van der Waals surface area contributed by atoms with Crippen molar-refractivity contribution >= 4 is 43.7 Å². The van der Waals surface area contributed by atoms with E-state index in [9.17, 15) is 0 Å². The van der Waals surface area contributed by atoms with Crippen LogP contribution in [0, 0.1) is 0 Å². The van der Waals surface area contributed by atoms with Gasteiger partial charge in [0.1, 0.15) is 5.65 Å². The molecule has 0 fully saturated rings. The molecule has 0 unspecified atom stereocenters. The van der Waals surface area contributed by atoms with Crippen LogP contribution >= 0.6 is 0 Å². The molecule has 0 spiro atoms. The topological polar surface area (TPSA) is 33.6 Å². The largest absolute Gasteiger partial charge is 0.339 e. The number of rotatable bonds is 1. The lowest BCUT2D eigenvalue weighted by Crippen LogP contribution is -1.93. The highest BCUT2D eigenvalue weighted by atomic mass is 15.0. The van der Waals surface area contributed by atoms with Gasteiger partial charge in [0.2, 0.25) is 0 Å². The van der Waals surface area contributed by atoms with Crippen molar-refractivity contribution in [2.75, 3.05) is 0 Å². The molecule has 3 nitrogen and oxygen atoms in total. The van der Waals surface area contributed by atoms with Crippen LogP contribution in [0.5, 0.6) is 0 Å². The zero-order chi connectivity index (χ0) is 17.1. The van der Waals surface area contributed by atoms with Crippen molar-refractivity contribution in [3.63, 3.8) is 0 Å². The smallest absolute Gasteiger partial charge is 0.138 e. The SMILES string of the molecule is c1ccc(-n2c3ccccc3c3ccc4[nH]c5ncccc5c4c32)cc1. The first-order valence-electron chi connectivity index (χ1n) is 8.76. The maximum absolute atomic E-state index is 4.52. The van der Waals surface area contributed by atoms with E-state index in [0.29, 0.717) is 0 Å². The van der Waals surface area contributed by atoms with Crippen LogP contribution in [0.3, 0.4) is 0 Å². The van der Waals surface area contributed by atoms with Gasteiger partial charge in [0.25, 0.3) is 0 Å². The van der Waals surface area contributed by atoms with Crippen molar-refractivity contribution < 1.29 is 0 Å². The Morgan fingerprint density at radius 3 is 2.42 bits per heavy atom. The van der Waals surface area contributed by atoms with E-state index in [1.54, 1.807) is 0 Å². The summed E-state index contributed by atoms with van der Waals surface area (Å²) in [6, 6.07) is 27.7. The lowest BCUT2D eigenvalue weighted by Gasteiger charge is -2.08. The fourth-order valence-electron chi connectivity index (χ4n) is 4.11. The second-order valence-electron chi connectivity index (χ2n) is 6.60. The molecule has 0 atom stereocenters. The third-order valence-electron chi connectivity index (χ3n) is 5.18. The van der Waals surface area contributed by atoms with Gasteiger partial charge in [-0.05, 0) is 36.4 Å². The lowest BCUT2D eigenvalue weighted by atomic mass is 10.1. The minimum Gasteiger partial charge on any atom is -0.339 e. The second-order valence-corrected chi connectivity index (χ2v) is 6.60. The summed E-state index contributed by atoms with van der Waals surface area (Å²) in [6.07, 6.45) is 1.83. The van der Waals surface area contributed by atoms with E-state index >= 15 is 0 Å². The van der Waals surface area contributed by atoms with Gasteiger partial charge in [-0.1, -0.05) is 42.5 Å². The van der Waals surface area contributed by atoms with Gasteiger partial charge in [-0.2, -0.15) is 0 Å². The van der Waals surface area contributed by atoms with Crippen molar-refractivity contribution in [3.05, 3.63) is 85.1 Å². The van der Waals surface area contributed by atoms with E-state index in [4.69, 9.17) is 0 Å². The number of pyridine rings is 1. The van der Waals surface area contributed by atoms with Gasteiger partial charge in [-0.3, -0.25) is 0 Å². The predicted octanol–water partition coefficient (Wildman–Crippen LogP) is 5.81. The first-order valence-corrected chi connectivity index (χ1v) is 8.76. The number of nitrogens with zero attached hydrogens (tertiary/aromatic N) is 2. The van der Waals surface area contributed by atoms with Crippen LogP contribution in [0.15, 0.2) is 85.1 Å². The van der Waals surface area contributed by atoms with Crippen molar-refractivity contribution in [1.29, 1.82) is 0 Å². The predicted molar refractivity (Wildman–Crippen MR) is 108 cm³/mol. The molecule has 1 N–H and O–H groups in total. The van der Waals surface area contributed by atoms with Crippen LogP contribution < -0.4 is 0 Å². The van der Waals surface area contributed by atoms with Gasteiger partial charge >= 0.3 is 0 Å². The van der Waals surface area contributed by atoms with Crippen LogP contribution in [0.1, 0.15) is 0 Å². The quantitative estimate of drug-likeness (QED) is 0.404. The molecule has 3 heteroatoms. The molecule has 6 aromatic rings. The summed E-state index contributed by atoms with van der Waals surface area (Å²) in [5.74, 6) is 0. The second kappa shape index (κ2) is 4.96. The van der Waals surface area contributed by atoms with Gasteiger partial charge in [-0.25, -0.2) is 4.98 Å². The fraction of sp³-hybridized carbons (Fsp3) is 0. The molecule has 0 amide bonds. The number of nitrogens with one attached hydrogen (secondary N) is 1. The van der Waals surface area contributed by atoms with Gasteiger partial charge in [0.15, 0.2) is 0 Å². The molecule has 0 saturated heterocycles. The Labute approximate surface area is 149 Å². The molecule has 3 aromatic carbocycles. The Morgan fingerprint density at radius 2 is 1.50 bits per heavy atom. The van der Waals surface area contributed by atoms with E-state index in [1.165, 1.54) is 32.9 Å². The zero-order valence-corrected chi connectivity index (χ0v) is 14.0. The molecule has 0 bridgehead atoms. The van der Waals surface area contributed by atoms with E-state index in [1.807, 2.05) is 12.3 Å². The first-order chi connectivity index (χ1) is 12.9. The molecule has 0 saturated carbocycles. The Kier molecular flexibility index (Phi) is 2.61. The summed E-state index contributed by atoms with van der Waals surface area (Å²) in [5.41, 5.74) is 5.67. The number of hydrogen-bond donors (Lipinski definition) is 1. The highest BCUT2D eigenvalue weighted by molar-refractivity contribution is 6.24. The molecule has 0 aliphatic heterocycles. The van der Waals surface area contributed by atoms with Gasteiger partial charge < -0.3 is 9.55 Å². The summed E-state index contributed by atoms with van der Waals surface area (Å²) in [4.78, 5) is 7.99. The number of H-pyrrole nitrogens is 1. The maximum atomic E-state index is 4.52. The van der Waals surface area contributed by atoms with Crippen LogP contribution in [0.2, 0.25) is 0 Å². The fourth-order valence-corrected chi connectivity index (χ4v) is 4.11. The molecule has 122 valence electrons. The maximum Gasteiger partial charge on any atom is 0.138 e. The Hall–Kier alpha value is -3.59. The van der Waals surface area contributed by atoms with Crippen molar-refractivity contribution in [2.24, 2.45) is 0 Å². The molecule has 3 aromatic heterocycles. The molecule has 0 aliphatic carbocycles. The van der Waals surface area contributed by atoms with Crippen LogP contribution in [-0.2, 0) is 0 Å². The standard InChI is InChI=1S/C23H15N3/c1-2-7-15(8-3-1)26-20-11-5-4-9-16(20)17-12-13-19-21(22(17)26)18-10-6-14-24-23(18)25-19/h1-14H,(H,24,25). The number of aromatic amines is 1. The van der Waals surface area contributed by atoms with Gasteiger partial charge in [0, 0.05) is 38.9 Å².